The normalized spacial score (nSPS) is 9.88. The van der Waals surface area contributed by atoms with Gasteiger partial charge in [0.15, 0.2) is 0 Å². The molecule has 0 aliphatic carbocycles. The number of hydrogen-bond acceptors (Lipinski definition) is 3. The van der Waals surface area contributed by atoms with Crippen molar-refractivity contribution in [1.82, 2.24) is 5.32 Å². The second-order valence-corrected chi connectivity index (χ2v) is 3.21. The molecule has 0 bridgehead atoms. The molecule has 5 heteroatoms. The maximum absolute atomic E-state index is 12.5. The molecule has 4 nitrogen and oxygen atoms in total. The Labute approximate surface area is 93.0 Å². The number of amides is 1. The van der Waals surface area contributed by atoms with Crippen LogP contribution in [0.2, 0.25) is 0 Å². The Morgan fingerprint density at radius 2 is 2.06 bits per heavy atom. The van der Waals surface area contributed by atoms with Crippen molar-refractivity contribution in [3.8, 4) is 0 Å². The number of aliphatic hydroxyl groups excluding tert-OH is 1. The molecule has 1 aromatic rings. The number of nitrogens with one attached hydrogen (secondary N) is 1. The Kier molecular flexibility index (Phi) is 5.28. The van der Waals surface area contributed by atoms with Crippen LogP contribution in [0.1, 0.15) is 12.0 Å². The molecule has 0 aromatic heterocycles. The van der Waals surface area contributed by atoms with Crippen molar-refractivity contribution in [2.75, 3.05) is 13.2 Å². The minimum absolute atomic E-state index is 0.0260. The molecule has 88 valence electrons. The summed E-state index contributed by atoms with van der Waals surface area (Å²) in [5.41, 5.74) is 0.721. The fourth-order valence-electron chi connectivity index (χ4n) is 1.05. The van der Waals surface area contributed by atoms with Crippen LogP contribution in [0, 0.1) is 5.82 Å². The predicted molar refractivity (Wildman–Crippen MR) is 56.3 cm³/mol. The first-order chi connectivity index (χ1) is 7.72. The number of rotatable bonds is 5. The van der Waals surface area contributed by atoms with Gasteiger partial charge < -0.3 is 15.2 Å². The lowest BCUT2D eigenvalue weighted by Crippen LogP contribution is -2.25. The molecule has 0 aliphatic rings. The number of hydrogen-bond donors (Lipinski definition) is 2. The first-order valence-electron chi connectivity index (χ1n) is 4.98. The largest absolute Gasteiger partial charge is 0.445 e. The minimum Gasteiger partial charge on any atom is -0.445 e. The Hall–Kier alpha value is -1.62. The van der Waals surface area contributed by atoms with E-state index in [2.05, 4.69) is 5.32 Å². The molecule has 0 saturated carbocycles. The van der Waals surface area contributed by atoms with Gasteiger partial charge in [0.2, 0.25) is 0 Å². The second-order valence-electron chi connectivity index (χ2n) is 3.21. The van der Waals surface area contributed by atoms with Crippen molar-refractivity contribution < 1.29 is 19.0 Å². The molecule has 0 aliphatic heterocycles. The van der Waals surface area contributed by atoms with E-state index in [-0.39, 0.29) is 19.0 Å². The Morgan fingerprint density at radius 3 is 2.69 bits per heavy atom. The first-order valence-corrected chi connectivity index (χ1v) is 4.98. The van der Waals surface area contributed by atoms with Gasteiger partial charge in [-0.05, 0) is 24.1 Å². The number of carbonyl (C=O) groups excluding carboxylic acids is 1. The smallest absolute Gasteiger partial charge is 0.407 e. The standard InChI is InChI=1S/C11H14FNO3/c12-10-4-2-9(3-5-10)8-16-11(15)13-6-1-7-14/h2-5,14H,1,6-8H2,(H,13,15). The van der Waals surface area contributed by atoms with Crippen LogP contribution >= 0.6 is 0 Å². The van der Waals surface area contributed by atoms with Gasteiger partial charge in [0.05, 0.1) is 0 Å². The highest BCUT2D eigenvalue weighted by atomic mass is 19.1. The van der Waals surface area contributed by atoms with E-state index in [1.165, 1.54) is 12.1 Å². The van der Waals surface area contributed by atoms with Crippen molar-refractivity contribution >= 4 is 6.09 Å². The summed E-state index contributed by atoms with van der Waals surface area (Å²) in [7, 11) is 0. The molecule has 16 heavy (non-hydrogen) atoms. The molecule has 0 unspecified atom stereocenters. The van der Waals surface area contributed by atoms with Crippen LogP contribution in [0.25, 0.3) is 0 Å². The molecule has 0 saturated heterocycles. The first kappa shape index (κ1) is 12.4. The molecule has 0 atom stereocenters. The molecule has 2 N–H and O–H groups in total. The van der Waals surface area contributed by atoms with E-state index in [0.29, 0.717) is 13.0 Å². The molecule has 0 radical (unpaired) electrons. The number of ether oxygens (including phenoxy) is 1. The summed E-state index contributed by atoms with van der Waals surface area (Å²) in [5, 5.41) is 11.0. The van der Waals surface area contributed by atoms with Gasteiger partial charge in [-0.1, -0.05) is 12.1 Å². The zero-order valence-electron chi connectivity index (χ0n) is 8.78. The van der Waals surface area contributed by atoms with Gasteiger partial charge in [0, 0.05) is 13.2 Å². The summed E-state index contributed by atoms with van der Waals surface area (Å²) in [6, 6.07) is 5.72. The van der Waals surface area contributed by atoms with Crippen molar-refractivity contribution in [1.29, 1.82) is 0 Å². The van der Waals surface area contributed by atoms with Crippen molar-refractivity contribution in [3.63, 3.8) is 0 Å². The average molecular weight is 227 g/mol. The highest BCUT2D eigenvalue weighted by Gasteiger charge is 2.01. The highest BCUT2D eigenvalue weighted by molar-refractivity contribution is 5.67. The summed E-state index contributed by atoms with van der Waals surface area (Å²) in [5.74, 6) is -0.323. The number of aliphatic hydroxyl groups is 1. The van der Waals surface area contributed by atoms with E-state index in [0.717, 1.165) is 5.56 Å². The number of halogens is 1. The van der Waals surface area contributed by atoms with Gasteiger partial charge in [0.1, 0.15) is 12.4 Å². The van der Waals surface area contributed by atoms with Crippen LogP contribution in [0.3, 0.4) is 0 Å². The van der Waals surface area contributed by atoms with Gasteiger partial charge in [-0.2, -0.15) is 0 Å². The Bertz CT molecular complexity index is 327. The van der Waals surface area contributed by atoms with E-state index in [1.54, 1.807) is 12.1 Å². The number of benzene rings is 1. The molecule has 0 spiro atoms. The molecule has 0 heterocycles. The Morgan fingerprint density at radius 1 is 1.38 bits per heavy atom. The lowest BCUT2D eigenvalue weighted by molar-refractivity contribution is 0.139. The van der Waals surface area contributed by atoms with Crippen LogP contribution in [0.4, 0.5) is 9.18 Å². The van der Waals surface area contributed by atoms with E-state index in [1.807, 2.05) is 0 Å². The molecular weight excluding hydrogens is 213 g/mol. The van der Waals surface area contributed by atoms with E-state index >= 15 is 0 Å². The van der Waals surface area contributed by atoms with Gasteiger partial charge in [-0.25, -0.2) is 9.18 Å². The number of carbonyl (C=O) groups is 1. The monoisotopic (exact) mass is 227 g/mol. The zero-order chi connectivity index (χ0) is 11.8. The summed E-state index contributed by atoms with van der Waals surface area (Å²) < 4.78 is 17.4. The third kappa shape index (κ3) is 4.75. The third-order valence-corrected chi connectivity index (χ3v) is 1.89. The lowest BCUT2D eigenvalue weighted by atomic mass is 10.2. The summed E-state index contributed by atoms with van der Waals surface area (Å²) in [6.07, 6.45) is -0.0520. The van der Waals surface area contributed by atoms with Crippen molar-refractivity contribution in [2.45, 2.75) is 13.0 Å². The van der Waals surface area contributed by atoms with E-state index in [4.69, 9.17) is 9.84 Å². The second kappa shape index (κ2) is 6.79. The fourth-order valence-corrected chi connectivity index (χ4v) is 1.05. The van der Waals surface area contributed by atoms with Gasteiger partial charge in [-0.15, -0.1) is 0 Å². The van der Waals surface area contributed by atoms with Crippen LogP contribution in [0.15, 0.2) is 24.3 Å². The maximum Gasteiger partial charge on any atom is 0.407 e. The average Bonchev–Trinajstić information content (AvgIpc) is 2.29. The van der Waals surface area contributed by atoms with Crippen molar-refractivity contribution in [2.24, 2.45) is 0 Å². The lowest BCUT2D eigenvalue weighted by Gasteiger charge is -2.06. The van der Waals surface area contributed by atoms with Crippen LogP contribution in [0.5, 0.6) is 0 Å². The van der Waals surface area contributed by atoms with Crippen LogP contribution in [-0.4, -0.2) is 24.4 Å². The quantitative estimate of drug-likeness (QED) is 0.748. The van der Waals surface area contributed by atoms with Gasteiger partial charge >= 0.3 is 6.09 Å². The van der Waals surface area contributed by atoms with E-state index in [9.17, 15) is 9.18 Å². The zero-order valence-corrected chi connectivity index (χ0v) is 8.78. The SMILES string of the molecule is O=C(NCCCO)OCc1ccc(F)cc1. The summed E-state index contributed by atoms with van der Waals surface area (Å²) >= 11 is 0. The third-order valence-electron chi connectivity index (χ3n) is 1.89. The Balaban J connectivity index is 2.23. The van der Waals surface area contributed by atoms with Crippen LogP contribution in [-0.2, 0) is 11.3 Å². The van der Waals surface area contributed by atoms with Gasteiger partial charge in [0.25, 0.3) is 0 Å². The molecular formula is C11H14FNO3. The fraction of sp³-hybridized carbons (Fsp3) is 0.364. The van der Waals surface area contributed by atoms with Crippen LogP contribution < -0.4 is 5.32 Å². The highest BCUT2D eigenvalue weighted by Crippen LogP contribution is 2.03. The number of alkyl carbamates (subject to hydrolysis) is 1. The predicted octanol–water partition coefficient (Wildman–Crippen LogP) is 1.43. The van der Waals surface area contributed by atoms with Gasteiger partial charge in [-0.3, -0.25) is 0 Å². The molecule has 0 fully saturated rings. The minimum atomic E-state index is -0.544. The van der Waals surface area contributed by atoms with Crippen molar-refractivity contribution in [3.05, 3.63) is 35.6 Å². The van der Waals surface area contributed by atoms with E-state index < -0.39 is 6.09 Å². The maximum atomic E-state index is 12.5. The molecule has 1 aromatic carbocycles. The summed E-state index contributed by atoms with van der Waals surface area (Å²) in [6.45, 7) is 0.502. The topological polar surface area (TPSA) is 58.6 Å². The molecule has 1 amide bonds. The summed E-state index contributed by atoms with van der Waals surface area (Å²) in [4.78, 5) is 11.1. The molecule has 1 rings (SSSR count).